The largest absolute Gasteiger partial charge is 0.342 e. The third-order valence-electron chi connectivity index (χ3n) is 6.91. The maximum Gasteiger partial charge on any atom is 0.252 e. The maximum atomic E-state index is 12.8. The Kier molecular flexibility index (Phi) is 4.76. The number of carbonyl (C=O) groups is 1. The zero-order valence-corrected chi connectivity index (χ0v) is 17.1. The summed E-state index contributed by atoms with van der Waals surface area (Å²) in [5.74, 6) is 0.956. The minimum Gasteiger partial charge on any atom is -0.342 e. The fourth-order valence-electron chi connectivity index (χ4n) is 5.27. The Morgan fingerprint density at radius 1 is 1.07 bits per heavy atom. The second-order valence-electron chi connectivity index (χ2n) is 8.85. The molecule has 0 radical (unpaired) electrons. The molecule has 154 valence electrons. The van der Waals surface area contributed by atoms with E-state index in [0.29, 0.717) is 12.5 Å². The van der Waals surface area contributed by atoms with Crippen LogP contribution >= 0.6 is 0 Å². The van der Waals surface area contributed by atoms with Gasteiger partial charge in [-0.15, -0.1) is 0 Å². The highest BCUT2D eigenvalue weighted by atomic mass is 16.2. The minimum atomic E-state index is 0.0296. The average Bonchev–Trinajstić information content (AvgIpc) is 3.49. The number of carbonyl (C=O) groups excluding carboxylic acids is 1. The van der Waals surface area contributed by atoms with Crippen LogP contribution in [0.2, 0.25) is 0 Å². The van der Waals surface area contributed by atoms with Crippen molar-refractivity contribution in [2.24, 2.45) is 5.92 Å². The van der Waals surface area contributed by atoms with Gasteiger partial charge in [0.05, 0.1) is 5.92 Å². The molecule has 4 heterocycles. The summed E-state index contributed by atoms with van der Waals surface area (Å²) in [4.78, 5) is 39.2. The molecule has 1 saturated carbocycles. The summed E-state index contributed by atoms with van der Waals surface area (Å²) in [7, 11) is 0. The van der Waals surface area contributed by atoms with E-state index in [2.05, 4.69) is 9.88 Å². The lowest BCUT2D eigenvalue weighted by Crippen LogP contribution is -2.35. The summed E-state index contributed by atoms with van der Waals surface area (Å²) in [6.45, 7) is 5.20. The third kappa shape index (κ3) is 3.30. The van der Waals surface area contributed by atoms with E-state index in [1.54, 1.807) is 6.07 Å². The smallest absolute Gasteiger partial charge is 0.252 e. The van der Waals surface area contributed by atoms with E-state index in [4.69, 9.17) is 4.98 Å². The first kappa shape index (κ1) is 18.6. The van der Waals surface area contributed by atoms with Crippen molar-refractivity contribution in [3.8, 4) is 0 Å². The van der Waals surface area contributed by atoms with Crippen molar-refractivity contribution in [3.63, 3.8) is 0 Å². The molecular weight excluding hydrogens is 366 g/mol. The number of rotatable bonds is 3. The average molecular weight is 396 g/mol. The zero-order chi connectivity index (χ0) is 20.0. The van der Waals surface area contributed by atoms with Gasteiger partial charge in [0.1, 0.15) is 5.65 Å². The lowest BCUT2D eigenvalue weighted by Gasteiger charge is -2.22. The predicted molar refractivity (Wildman–Crippen MR) is 112 cm³/mol. The second kappa shape index (κ2) is 7.43. The molecule has 0 spiro atoms. The summed E-state index contributed by atoms with van der Waals surface area (Å²) in [6.07, 6.45) is 9.34. The number of anilines is 1. The zero-order valence-electron chi connectivity index (χ0n) is 17.1. The van der Waals surface area contributed by atoms with Crippen LogP contribution in [0.3, 0.4) is 0 Å². The van der Waals surface area contributed by atoms with Gasteiger partial charge < -0.3 is 9.80 Å². The quantitative estimate of drug-likeness (QED) is 0.799. The molecule has 2 aromatic rings. The number of aryl methyl sites for hydroxylation is 1. The van der Waals surface area contributed by atoms with Gasteiger partial charge in [0.15, 0.2) is 0 Å². The molecule has 1 amide bonds. The topological polar surface area (TPSA) is 71.3 Å². The number of nitrogens with zero attached hydrogens (tertiary/aromatic N) is 5. The lowest BCUT2D eigenvalue weighted by atomic mass is 10.1. The number of hydrogen-bond acceptors (Lipinski definition) is 5. The standard InChI is InChI=1S/C22H29N5O2/c1-15-12-19(28)27(17-6-2-3-7-17)20-18(15)13-23-22(24-20)26-11-8-16(14-26)21(29)25-9-4-5-10-25/h12-13,16-17H,2-11,14H2,1H3. The van der Waals surface area contributed by atoms with E-state index in [-0.39, 0.29) is 23.4 Å². The number of pyridine rings is 1. The van der Waals surface area contributed by atoms with Crippen molar-refractivity contribution in [3.05, 3.63) is 28.2 Å². The lowest BCUT2D eigenvalue weighted by molar-refractivity contribution is -0.133. The van der Waals surface area contributed by atoms with Gasteiger partial charge in [0, 0.05) is 49.9 Å². The Morgan fingerprint density at radius 3 is 2.59 bits per heavy atom. The van der Waals surface area contributed by atoms with Gasteiger partial charge >= 0.3 is 0 Å². The van der Waals surface area contributed by atoms with Gasteiger partial charge in [-0.2, -0.15) is 4.98 Å². The summed E-state index contributed by atoms with van der Waals surface area (Å²) in [5.41, 5.74) is 1.71. The monoisotopic (exact) mass is 395 g/mol. The minimum absolute atomic E-state index is 0.0296. The second-order valence-corrected chi connectivity index (χ2v) is 8.85. The van der Waals surface area contributed by atoms with Crippen LogP contribution in [0.4, 0.5) is 5.95 Å². The normalized spacial score (nSPS) is 22.9. The highest BCUT2D eigenvalue weighted by Crippen LogP contribution is 2.32. The SMILES string of the molecule is Cc1cc(=O)n(C2CCCC2)c2nc(N3CCC(C(=O)N4CCCC4)C3)ncc12. The molecule has 1 unspecified atom stereocenters. The maximum absolute atomic E-state index is 12.8. The fourth-order valence-corrected chi connectivity index (χ4v) is 5.27. The van der Waals surface area contributed by atoms with Crippen molar-refractivity contribution in [2.45, 2.75) is 57.9 Å². The van der Waals surface area contributed by atoms with Gasteiger partial charge in [-0.1, -0.05) is 12.8 Å². The van der Waals surface area contributed by atoms with E-state index >= 15 is 0 Å². The number of likely N-dealkylation sites (tertiary alicyclic amines) is 1. The first-order valence-electron chi connectivity index (χ1n) is 11.0. The first-order valence-corrected chi connectivity index (χ1v) is 11.0. The molecule has 3 fully saturated rings. The Bertz CT molecular complexity index is 989. The fraction of sp³-hybridized carbons (Fsp3) is 0.636. The molecule has 3 aliphatic rings. The van der Waals surface area contributed by atoms with E-state index < -0.39 is 0 Å². The molecule has 2 aliphatic heterocycles. The highest BCUT2D eigenvalue weighted by Gasteiger charge is 2.33. The van der Waals surface area contributed by atoms with Crippen LogP contribution in [0.25, 0.3) is 11.0 Å². The molecule has 1 aliphatic carbocycles. The van der Waals surface area contributed by atoms with Crippen molar-refractivity contribution in [1.29, 1.82) is 0 Å². The van der Waals surface area contributed by atoms with Crippen LogP contribution in [0.1, 0.15) is 56.6 Å². The van der Waals surface area contributed by atoms with Crippen LogP contribution in [-0.2, 0) is 4.79 Å². The van der Waals surface area contributed by atoms with Gasteiger partial charge in [-0.25, -0.2) is 4.98 Å². The molecule has 0 N–H and O–H groups in total. The Morgan fingerprint density at radius 2 is 1.83 bits per heavy atom. The van der Waals surface area contributed by atoms with Gasteiger partial charge in [0.2, 0.25) is 11.9 Å². The van der Waals surface area contributed by atoms with E-state index in [0.717, 1.165) is 81.2 Å². The number of amides is 1. The molecule has 1 atom stereocenters. The number of fused-ring (bicyclic) bond motifs is 1. The van der Waals surface area contributed by atoms with Crippen LogP contribution in [-0.4, -0.2) is 51.5 Å². The summed E-state index contributed by atoms with van der Waals surface area (Å²) in [5, 5.41) is 0.948. The van der Waals surface area contributed by atoms with Crippen molar-refractivity contribution < 1.29 is 4.79 Å². The Hall–Kier alpha value is -2.44. The van der Waals surface area contributed by atoms with Crippen molar-refractivity contribution >= 4 is 22.9 Å². The summed E-state index contributed by atoms with van der Waals surface area (Å²) in [6, 6.07) is 1.95. The molecule has 0 bridgehead atoms. The third-order valence-corrected chi connectivity index (χ3v) is 6.91. The van der Waals surface area contributed by atoms with Crippen LogP contribution < -0.4 is 10.5 Å². The molecule has 29 heavy (non-hydrogen) atoms. The molecule has 7 heteroatoms. The summed E-state index contributed by atoms with van der Waals surface area (Å²) >= 11 is 0. The molecule has 2 saturated heterocycles. The number of hydrogen-bond donors (Lipinski definition) is 0. The van der Waals surface area contributed by atoms with Crippen LogP contribution in [0.15, 0.2) is 17.1 Å². The predicted octanol–water partition coefficient (Wildman–Crippen LogP) is 2.66. The summed E-state index contributed by atoms with van der Waals surface area (Å²) < 4.78 is 1.89. The molecule has 7 nitrogen and oxygen atoms in total. The van der Waals surface area contributed by atoms with E-state index in [9.17, 15) is 9.59 Å². The Labute approximate surface area is 170 Å². The molecular formula is C22H29N5O2. The highest BCUT2D eigenvalue weighted by molar-refractivity contribution is 5.81. The van der Waals surface area contributed by atoms with E-state index in [1.165, 1.54) is 0 Å². The van der Waals surface area contributed by atoms with Gasteiger partial charge in [-0.3, -0.25) is 14.2 Å². The van der Waals surface area contributed by atoms with E-state index in [1.807, 2.05) is 22.6 Å². The molecule has 2 aromatic heterocycles. The van der Waals surface area contributed by atoms with Gasteiger partial charge in [0.25, 0.3) is 5.56 Å². The number of aromatic nitrogens is 3. The van der Waals surface area contributed by atoms with Crippen LogP contribution in [0.5, 0.6) is 0 Å². The van der Waals surface area contributed by atoms with Crippen molar-refractivity contribution in [1.82, 2.24) is 19.4 Å². The first-order chi connectivity index (χ1) is 14.1. The van der Waals surface area contributed by atoms with Gasteiger partial charge in [-0.05, 0) is 44.6 Å². The molecule has 5 rings (SSSR count). The van der Waals surface area contributed by atoms with Crippen LogP contribution in [0, 0.1) is 12.8 Å². The Balaban J connectivity index is 1.46. The molecule has 0 aromatic carbocycles. The van der Waals surface area contributed by atoms with Crippen molar-refractivity contribution in [2.75, 3.05) is 31.1 Å².